The predicted octanol–water partition coefficient (Wildman–Crippen LogP) is 3.89. The van der Waals surface area contributed by atoms with Crippen LogP contribution in [-0.2, 0) is 0 Å². The maximum atomic E-state index is 11.3. The fraction of sp³-hybridized carbons (Fsp3) is 0. The summed E-state index contributed by atoms with van der Waals surface area (Å²) in [5.41, 5.74) is 1.53. The van der Waals surface area contributed by atoms with Gasteiger partial charge in [-0.25, -0.2) is 0 Å². The van der Waals surface area contributed by atoms with Crippen molar-refractivity contribution in [3.8, 4) is 0 Å². The molecule has 0 atom stereocenters. The number of anilines is 1. The third-order valence-corrected chi connectivity index (χ3v) is 2.45. The van der Waals surface area contributed by atoms with Crippen molar-refractivity contribution in [3.63, 3.8) is 0 Å². The second-order valence-electron chi connectivity index (χ2n) is 3.56. The van der Waals surface area contributed by atoms with Gasteiger partial charge in [0.1, 0.15) is 0 Å². The molecule has 0 radical (unpaired) electrons. The Balaban J connectivity index is 2.23. The second-order valence-corrected chi connectivity index (χ2v) is 3.88. The van der Waals surface area contributed by atoms with E-state index < -0.39 is 5.37 Å². The van der Waals surface area contributed by atoms with Crippen LogP contribution in [0.5, 0.6) is 0 Å². The predicted molar refractivity (Wildman–Crippen MR) is 74.2 cm³/mol. The fourth-order valence-corrected chi connectivity index (χ4v) is 1.59. The zero-order chi connectivity index (χ0) is 12.8. The van der Waals surface area contributed by atoms with Crippen molar-refractivity contribution in [2.75, 3.05) is 5.01 Å². The lowest BCUT2D eigenvalue weighted by atomic mass is 10.2. The lowest BCUT2D eigenvalue weighted by Crippen LogP contribution is -2.18. The molecule has 0 heterocycles. The van der Waals surface area contributed by atoms with Gasteiger partial charge in [-0.2, -0.15) is 10.1 Å². The molecule has 2 aromatic carbocycles. The summed E-state index contributed by atoms with van der Waals surface area (Å²) in [5.74, 6) is 0. The van der Waals surface area contributed by atoms with Crippen molar-refractivity contribution in [1.29, 1.82) is 0 Å². The molecular weight excluding hydrogens is 248 g/mol. The van der Waals surface area contributed by atoms with E-state index in [9.17, 15) is 4.79 Å². The first kappa shape index (κ1) is 12.3. The molecule has 18 heavy (non-hydrogen) atoms. The van der Waals surface area contributed by atoms with E-state index in [1.807, 2.05) is 48.5 Å². The number of hydrogen-bond acceptors (Lipinski definition) is 2. The Hall–Kier alpha value is -2.13. The second kappa shape index (κ2) is 5.98. The van der Waals surface area contributed by atoms with Crippen LogP contribution in [0, 0.1) is 0 Å². The SMILES string of the molecule is O=C(Cl)N(/N=C/c1ccccc1)c1ccccc1. The number of hydrogen-bond donors (Lipinski definition) is 0. The van der Waals surface area contributed by atoms with Crippen LogP contribution < -0.4 is 5.01 Å². The van der Waals surface area contributed by atoms with Gasteiger partial charge in [-0.1, -0.05) is 48.5 Å². The van der Waals surface area contributed by atoms with E-state index in [-0.39, 0.29) is 0 Å². The molecule has 0 fully saturated rings. The van der Waals surface area contributed by atoms with E-state index in [1.165, 1.54) is 0 Å². The van der Waals surface area contributed by atoms with Crippen LogP contribution in [0.15, 0.2) is 65.8 Å². The minimum atomic E-state index is -0.645. The van der Waals surface area contributed by atoms with E-state index in [4.69, 9.17) is 11.6 Å². The van der Waals surface area contributed by atoms with Gasteiger partial charge in [-0.05, 0) is 29.3 Å². The summed E-state index contributed by atoms with van der Waals surface area (Å²) < 4.78 is 0. The minimum absolute atomic E-state index is 0.629. The maximum Gasteiger partial charge on any atom is 0.341 e. The highest BCUT2D eigenvalue weighted by Gasteiger charge is 2.10. The summed E-state index contributed by atoms with van der Waals surface area (Å²) in [6, 6.07) is 18.5. The number of nitrogens with zero attached hydrogens (tertiary/aromatic N) is 2. The lowest BCUT2D eigenvalue weighted by Gasteiger charge is -2.12. The van der Waals surface area contributed by atoms with Crippen LogP contribution >= 0.6 is 11.6 Å². The number of para-hydroxylation sites is 1. The van der Waals surface area contributed by atoms with Gasteiger partial charge < -0.3 is 0 Å². The number of benzene rings is 2. The fourth-order valence-electron chi connectivity index (χ4n) is 1.45. The molecule has 0 saturated carbocycles. The molecule has 3 nitrogen and oxygen atoms in total. The van der Waals surface area contributed by atoms with Crippen molar-refractivity contribution in [2.45, 2.75) is 0 Å². The van der Waals surface area contributed by atoms with Gasteiger partial charge in [0.15, 0.2) is 0 Å². The summed E-state index contributed by atoms with van der Waals surface area (Å²) in [4.78, 5) is 11.3. The van der Waals surface area contributed by atoms with Gasteiger partial charge in [-0.15, -0.1) is 0 Å². The average molecular weight is 259 g/mol. The molecule has 0 aliphatic carbocycles. The zero-order valence-corrected chi connectivity index (χ0v) is 10.3. The largest absolute Gasteiger partial charge is 0.341 e. The molecule has 0 aromatic heterocycles. The molecular formula is C14H11ClN2O. The summed E-state index contributed by atoms with van der Waals surface area (Å²) in [5, 5.41) is 4.59. The van der Waals surface area contributed by atoms with Crippen molar-refractivity contribution in [3.05, 3.63) is 66.2 Å². The number of hydrazone groups is 1. The summed E-state index contributed by atoms with van der Waals surface area (Å²) >= 11 is 5.52. The van der Waals surface area contributed by atoms with E-state index in [0.29, 0.717) is 5.69 Å². The van der Waals surface area contributed by atoms with Crippen LogP contribution in [0.1, 0.15) is 5.56 Å². The molecule has 0 spiro atoms. The molecule has 0 aliphatic rings. The van der Waals surface area contributed by atoms with Crippen LogP contribution in [0.25, 0.3) is 0 Å². The van der Waals surface area contributed by atoms with Crippen LogP contribution in [-0.4, -0.2) is 11.6 Å². The Bertz CT molecular complexity index is 540. The maximum absolute atomic E-state index is 11.3. The van der Waals surface area contributed by atoms with E-state index in [1.54, 1.807) is 18.3 Å². The highest BCUT2D eigenvalue weighted by Crippen LogP contribution is 2.15. The van der Waals surface area contributed by atoms with Crippen LogP contribution in [0.2, 0.25) is 0 Å². The number of carbonyl (C=O) groups excluding carboxylic acids is 1. The van der Waals surface area contributed by atoms with E-state index >= 15 is 0 Å². The molecule has 4 heteroatoms. The summed E-state index contributed by atoms with van der Waals surface area (Å²) in [7, 11) is 0. The van der Waals surface area contributed by atoms with Crippen LogP contribution in [0.3, 0.4) is 0 Å². The zero-order valence-electron chi connectivity index (χ0n) is 9.53. The number of halogens is 1. The standard InChI is InChI=1S/C14H11ClN2O/c15-14(18)17(13-9-5-2-6-10-13)16-11-12-7-3-1-4-8-12/h1-11H/b16-11+. The van der Waals surface area contributed by atoms with Crippen molar-refractivity contribution >= 4 is 28.9 Å². The summed E-state index contributed by atoms with van der Waals surface area (Å²) in [6.07, 6.45) is 1.59. The molecule has 0 saturated heterocycles. The molecule has 2 rings (SSSR count). The van der Waals surface area contributed by atoms with Crippen LogP contribution in [0.4, 0.5) is 10.5 Å². The van der Waals surface area contributed by atoms with Crippen molar-refractivity contribution < 1.29 is 4.79 Å². The first-order valence-electron chi connectivity index (χ1n) is 5.41. The smallest absolute Gasteiger partial charge is 0.253 e. The van der Waals surface area contributed by atoms with Gasteiger partial charge in [0.05, 0.1) is 11.9 Å². The Labute approximate surface area is 110 Å². The molecule has 90 valence electrons. The third kappa shape index (κ3) is 3.18. The topological polar surface area (TPSA) is 32.7 Å². The van der Waals surface area contributed by atoms with Gasteiger partial charge in [-0.3, -0.25) is 4.79 Å². The third-order valence-electron chi connectivity index (χ3n) is 2.29. The van der Waals surface area contributed by atoms with Crippen molar-refractivity contribution in [1.82, 2.24) is 0 Å². The normalized spacial score (nSPS) is 10.5. The number of rotatable bonds is 3. The number of amides is 1. The number of carbonyl (C=O) groups is 1. The molecule has 0 bridgehead atoms. The van der Waals surface area contributed by atoms with Gasteiger partial charge in [0.2, 0.25) is 0 Å². The summed E-state index contributed by atoms with van der Waals surface area (Å²) in [6.45, 7) is 0. The highest BCUT2D eigenvalue weighted by atomic mass is 35.5. The average Bonchev–Trinajstić information content (AvgIpc) is 2.41. The molecule has 0 aliphatic heterocycles. The first-order valence-corrected chi connectivity index (χ1v) is 5.79. The lowest BCUT2D eigenvalue weighted by molar-refractivity contribution is 0.264. The quantitative estimate of drug-likeness (QED) is 0.356. The Kier molecular flexibility index (Phi) is 4.10. The Morgan fingerprint density at radius 2 is 1.56 bits per heavy atom. The highest BCUT2D eigenvalue weighted by molar-refractivity contribution is 6.66. The Morgan fingerprint density at radius 3 is 2.11 bits per heavy atom. The molecule has 0 N–H and O–H groups in total. The van der Waals surface area contributed by atoms with Crippen molar-refractivity contribution in [2.24, 2.45) is 5.10 Å². The minimum Gasteiger partial charge on any atom is -0.253 e. The van der Waals surface area contributed by atoms with E-state index in [2.05, 4.69) is 5.10 Å². The molecule has 0 unspecified atom stereocenters. The van der Waals surface area contributed by atoms with Gasteiger partial charge in [0, 0.05) is 0 Å². The van der Waals surface area contributed by atoms with Gasteiger partial charge >= 0.3 is 5.37 Å². The first-order chi connectivity index (χ1) is 8.77. The monoisotopic (exact) mass is 258 g/mol. The molecule has 2 aromatic rings. The van der Waals surface area contributed by atoms with Gasteiger partial charge in [0.25, 0.3) is 0 Å². The molecule has 1 amide bonds. The Morgan fingerprint density at radius 1 is 1.00 bits per heavy atom. The van der Waals surface area contributed by atoms with E-state index in [0.717, 1.165) is 10.6 Å².